The predicted octanol–water partition coefficient (Wildman–Crippen LogP) is 2.22. The fourth-order valence-corrected chi connectivity index (χ4v) is 2.82. The molecular formula is C5H8BrNS2. The Labute approximate surface area is 72.2 Å². The maximum absolute atomic E-state index is 4.35. The van der Waals surface area contributed by atoms with Crippen LogP contribution in [0.1, 0.15) is 0 Å². The monoisotopic (exact) mass is 225 g/mol. The molecule has 0 radical (unpaired) electrons. The van der Waals surface area contributed by atoms with E-state index in [9.17, 15) is 0 Å². The van der Waals surface area contributed by atoms with Crippen LogP contribution in [0.3, 0.4) is 0 Å². The second-order valence-electron chi connectivity index (χ2n) is 1.80. The van der Waals surface area contributed by atoms with E-state index in [0.717, 1.165) is 15.5 Å². The van der Waals surface area contributed by atoms with Gasteiger partial charge in [-0.3, -0.25) is 4.99 Å². The van der Waals surface area contributed by atoms with Gasteiger partial charge in [0.2, 0.25) is 0 Å². The van der Waals surface area contributed by atoms with Crippen LogP contribution in [-0.4, -0.2) is 27.8 Å². The van der Waals surface area contributed by atoms with Crippen molar-refractivity contribution >= 4 is 43.4 Å². The summed E-state index contributed by atoms with van der Waals surface area (Å²) in [5.74, 6) is 2.31. The Morgan fingerprint density at radius 1 is 2.00 bits per heavy atom. The SMILES string of the molecule is CSCC1CSC(Br)=N1. The lowest BCUT2D eigenvalue weighted by Gasteiger charge is -1.99. The van der Waals surface area contributed by atoms with Crippen LogP contribution in [0.4, 0.5) is 0 Å². The molecule has 0 aromatic carbocycles. The Kier molecular flexibility index (Phi) is 3.43. The minimum absolute atomic E-state index is 0.555. The summed E-state index contributed by atoms with van der Waals surface area (Å²) in [5.41, 5.74) is 0. The highest BCUT2D eigenvalue weighted by Crippen LogP contribution is 2.23. The van der Waals surface area contributed by atoms with Gasteiger partial charge in [-0.15, -0.1) is 0 Å². The van der Waals surface area contributed by atoms with Gasteiger partial charge in [-0.25, -0.2) is 0 Å². The molecule has 1 nitrogen and oxygen atoms in total. The van der Waals surface area contributed by atoms with E-state index in [2.05, 4.69) is 27.2 Å². The molecule has 1 heterocycles. The number of thioether (sulfide) groups is 2. The fraction of sp³-hybridized carbons (Fsp3) is 0.800. The number of hydrogen-bond donors (Lipinski definition) is 0. The van der Waals surface area contributed by atoms with E-state index in [4.69, 9.17) is 0 Å². The summed E-state index contributed by atoms with van der Waals surface area (Å²) in [6, 6.07) is 0.555. The largest absolute Gasteiger partial charge is 0.266 e. The molecule has 0 saturated heterocycles. The van der Waals surface area contributed by atoms with E-state index in [1.165, 1.54) is 0 Å². The van der Waals surface area contributed by atoms with Gasteiger partial charge in [0, 0.05) is 11.5 Å². The topological polar surface area (TPSA) is 12.4 Å². The quantitative estimate of drug-likeness (QED) is 0.715. The van der Waals surface area contributed by atoms with E-state index < -0.39 is 0 Å². The van der Waals surface area contributed by atoms with Gasteiger partial charge in [0.1, 0.15) is 3.95 Å². The van der Waals surface area contributed by atoms with Crippen LogP contribution >= 0.6 is 39.5 Å². The van der Waals surface area contributed by atoms with Crippen LogP contribution in [0, 0.1) is 0 Å². The third-order valence-electron chi connectivity index (χ3n) is 1.04. The maximum Gasteiger partial charge on any atom is 0.134 e. The second kappa shape index (κ2) is 3.88. The average Bonchev–Trinajstić information content (AvgIpc) is 2.17. The Bertz CT molecular complexity index is 126. The lowest BCUT2D eigenvalue weighted by atomic mass is 10.4. The van der Waals surface area contributed by atoms with Crippen LogP contribution in [0.2, 0.25) is 0 Å². The molecule has 0 aromatic rings. The normalized spacial score (nSPS) is 26.4. The molecule has 0 fully saturated rings. The van der Waals surface area contributed by atoms with E-state index >= 15 is 0 Å². The summed E-state index contributed by atoms with van der Waals surface area (Å²) in [6.45, 7) is 0. The molecule has 4 heteroatoms. The summed E-state index contributed by atoms with van der Waals surface area (Å²) in [6.07, 6.45) is 2.12. The van der Waals surface area contributed by atoms with Gasteiger partial charge < -0.3 is 0 Å². The lowest BCUT2D eigenvalue weighted by molar-refractivity contribution is 0.882. The molecule has 1 atom stereocenters. The predicted molar refractivity (Wildman–Crippen MR) is 51.0 cm³/mol. The Balaban J connectivity index is 2.29. The standard InChI is InChI=1S/C5H8BrNS2/c1-8-2-4-3-9-5(6)7-4/h4H,2-3H2,1H3. The molecule has 0 N–H and O–H groups in total. The van der Waals surface area contributed by atoms with E-state index in [1.807, 2.05) is 11.8 Å². The minimum Gasteiger partial charge on any atom is -0.266 e. The molecule has 9 heavy (non-hydrogen) atoms. The van der Waals surface area contributed by atoms with E-state index in [0.29, 0.717) is 6.04 Å². The first-order chi connectivity index (χ1) is 4.33. The molecule has 1 aliphatic rings. The smallest absolute Gasteiger partial charge is 0.134 e. The van der Waals surface area contributed by atoms with Crippen LogP contribution in [0.25, 0.3) is 0 Å². The van der Waals surface area contributed by atoms with Gasteiger partial charge in [-0.05, 0) is 22.2 Å². The number of hydrogen-bond acceptors (Lipinski definition) is 3. The van der Waals surface area contributed by atoms with Gasteiger partial charge in [-0.1, -0.05) is 11.8 Å². The zero-order chi connectivity index (χ0) is 6.69. The van der Waals surface area contributed by atoms with Crippen LogP contribution in [-0.2, 0) is 0 Å². The number of nitrogens with zero attached hydrogens (tertiary/aromatic N) is 1. The van der Waals surface area contributed by atoms with Crippen molar-refractivity contribution in [2.75, 3.05) is 17.8 Å². The highest BCUT2D eigenvalue weighted by atomic mass is 79.9. The molecule has 0 amide bonds. The van der Waals surface area contributed by atoms with Crippen molar-refractivity contribution in [2.24, 2.45) is 4.99 Å². The van der Waals surface area contributed by atoms with Crippen LogP contribution < -0.4 is 0 Å². The van der Waals surface area contributed by atoms with Crippen molar-refractivity contribution in [3.8, 4) is 0 Å². The van der Waals surface area contributed by atoms with Gasteiger partial charge in [0.15, 0.2) is 0 Å². The first-order valence-electron chi connectivity index (χ1n) is 2.68. The van der Waals surface area contributed by atoms with Gasteiger partial charge >= 0.3 is 0 Å². The van der Waals surface area contributed by atoms with Crippen molar-refractivity contribution in [1.82, 2.24) is 0 Å². The molecule has 0 spiro atoms. The van der Waals surface area contributed by atoms with Crippen molar-refractivity contribution in [1.29, 1.82) is 0 Å². The molecule has 0 aliphatic carbocycles. The minimum atomic E-state index is 0.555. The van der Waals surface area contributed by atoms with Gasteiger partial charge in [-0.2, -0.15) is 11.8 Å². The molecule has 1 aliphatic heterocycles. The molecule has 1 rings (SSSR count). The third-order valence-corrected chi connectivity index (χ3v) is 3.54. The molecule has 0 bridgehead atoms. The average molecular weight is 226 g/mol. The second-order valence-corrected chi connectivity index (χ2v) is 5.00. The maximum atomic E-state index is 4.35. The van der Waals surface area contributed by atoms with Gasteiger partial charge in [0.25, 0.3) is 0 Å². The van der Waals surface area contributed by atoms with Crippen molar-refractivity contribution in [3.63, 3.8) is 0 Å². The van der Waals surface area contributed by atoms with Crippen molar-refractivity contribution in [2.45, 2.75) is 6.04 Å². The summed E-state index contributed by atoms with van der Waals surface area (Å²) >= 11 is 7.01. The number of rotatable bonds is 2. The van der Waals surface area contributed by atoms with Crippen LogP contribution in [0.15, 0.2) is 4.99 Å². The Morgan fingerprint density at radius 3 is 3.22 bits per heavy atom. The van der Waals surface area contributed by atoms with Crippen molar-refractivity contribution in [3.05, 3.63) is 0 Å². The first-order valence-corrected chi connectivity index (χ1v) is 5.85. The van der Waals surface area contributed by atoms with Gasteiger partial charge in [0.05, 0.1) is 6.04 Å². The Morgan fingerprint density at radius 2 is 2.78 bits per heavy atom. The molecule has 52 valence electrons. The fourth-order valence-electron chi connectivity index (χ4n) is 0.661. The number of halogens is 1. The summed E-state index contributed by atoms with van der Waals surface area (Å²) in [7, 11) is 0. The highest BCUT2D eigenvalue weighted by Gasteiger charge is 2.14. The summed E-state index contributed by atoms with van der Waals surface area (Å²) in [5, 5.41) is 0. The molecule has 0 saturated carbocycles. The molecule has 1 unspecified atom stereocenters. The van der Waals surface area contributed by atoms with E-state index in [1.54, 1.807) is 11.8 Å². The number of aliphatic imine (C=N–C) groups is 1. The zero-order valence-corrected chi connectivity index (χ0v) is 8.35. The lowest BCUT2D eigenvalue weighted by Crippen LogP contribution is -2.05. The Hall–Kier alpha value is 0.850. The van der Waals surface area contributed by atoms with Crippen molar-refractivity contribution < 1.29 is 0 Å². The molecule has 0 aromatic heterocycles. The zero-order valence-electron chi connectivity index (χ0n) is 5.13. The first kappa shape index (κ1) is 7.95. The summed E-state index contributed by atoms with van der Waals surface area (Å²) in [4.78, 5) is 4.35. The third kappa shape index (κ3) is 2.51. The van der Waals surface area contributed by atoms with E-state index in [-0.39, 0.29) is 0 Å². The molecular weight excluding hydrogens is 218 g/mol. The van der Waals surface area contributed by atoms with Crippen LogP contribution in [0.5, 0.6) is 0 Å². The highest BCUT2D eigenvalue weighted by molar-refractivity contribution is 9.22. The summed E-state index contributed by atoms with van der Waals surface area (Å²) < 4.78 is 1.07.